The normalized spacial score (nSPS) is 10.8. The molecule has 0 atom stereocenters. The average molecular weight is 462 g/mol. The quantitative estimate of drug-likeness (QED) is 0.260. The average Bonchev–Trinajstić information content (AvgIpc) is 2.98. The number of nitrogens with zero attached hydrogens (tertiary/aromatic N) is 3. The Bertz CT molecular complexity index is 1540. The van der Waals surface area contributed by atoms with Crippen molar-refractivity contribution in [2.75, 3.05) is 0 Å². The van der Waals surface area contributed by atoms with Crippen LogP contribution in [0.15, 0.2) is 140 Å². The summed E-state index contributed by atoms with van der Waals surface area (Å²) in [7, 11) is 0. The van der Waals surface area contributed by atoms with E-state index in [0.29, 0.717) is 5.82 Å². The first-order chi connectivity index (χ1) is 17.8. The van der Waals surface area contributed by atoms with Crippen molar-refractivity contribution >= 4 is 0 Å². The zero-order chi connectivity index (χ0) is 24.2. The summed E-state index contributed by atoms with van der Waals surface area (Å²) in [5.41, 5.74) is 9.85. The summed E-state index contributed by atoms with van der Waals surface area (Å²) < 4.78 is 0. The van der Waals surface area contributed by atoms with E-state index in [1.54, 1.807) is 0 Å². The summed E-state index contributed by atoms with van der Waals surface area (Å²) in [5, 5.41) is 0. The van der Waals surface area contributed by atoms with Crippen molar-refractivity contribution in [1.29, 1.82) is 0 Å². The van der Waals surface area contributed by atoms with Crippen LogP contribution in [-0.2, 0) is 0 Å². The summed E-state index contributed by atoms with van der Waals surface area (Å²) in [6.07, 6.45) is 5.46. The number of aromatic nitrogens is 3. The summed E-state index contributed by atoms with van der Waals surface area (Å²) in [4.78, 5) is 13.7. The van der Waals surface area contributed by atoms with Crippen LogP contribution < -0.4 is 0 Å². The Morgan fingerprint density at radius 1 is 0.361 bits per heavy atom. The number of hydrogen-bond acceptors (Lipinski definition) is 3. The maximum atomic E-state index is 4.96. The second-order valence-electron chi connectivity index (χ2n) is 8.61. The lowest BCUT2D eigenvalue weighted by Gasteiger charge is -2.11. The number of hydrogen-bond donors (Lipinski definition) is 0. The molecule has 6 aromatic rings. The highest BCUT2D eigenvalue weighted by Gasteiger charge is 2.11. The molecular formula is C33H23N3. The van der Waals surface area contributed by atoms with Gasteiger partial charge in [-0.15, -0.1) is 0 Å². The first kappa shape index (κ1) is 21.6. The van der Waals surface area contributed by atoms with Crippen LogP contribution in [0.1, 0.15) is 0 Å². The van der Waals surface area contributed by atoms with E-state index in [1.165, 1.54) is 11.1 Å². The molecule has 3 heteroatoms. The molecule has 0 saturated heterocycles. The SMILES string of the molecule is c1ccc(-c2cc(-c3ccccc3)cc(-c3nccc(-c4ccc(-c5ccncc5)cc4)n3)c2)cc1. The second-order valence-corrected chi connectivity index (χ2v) is 8.61. The fraction of sp³-hybridized carbons (Fsp3) is 0. The predicted octanol–water partition coefficient (Wildman–Crippen LogP) is 8.21. The van der Waals surface area contributed by atoms with E-state index in [9.17, 15) is 0 Å². The molecular weight excluding hydrogens is 438 g/mol. The molecule has 0 aliphatic rings. The van der Waals surface area contributed by atoms with Crippen LogP contribution >= 0.6 is 0 Å². The maximum Gasteiger partial charge on any atom is 0.159 e. The predicted molar refractivity (Wildman–Crippen MR) is 147 cm³/mol. The molecule has 0 N–H and O–H groups in total. The third-order valence-electron chi connectivity index (χ3n) is 6.26. The van der Waals surface area contributed by atoms with E-state index in [0.717, 1.165) is 39.1 Å². The van der Waals surface area contributed by atoms with Crippen LogP contribution in [0.3, 0.4) is 0 Å². The minimum absolute atomic E-state index is 0.709. The van der Waals surface area contributed by atoms with Gasteiger partial charge in [0.15, 0.2) is 5.82 Å². The second kappa shape index (κ2) is 9.77. The van der Waals surface area contributed by atoms with Crippen LogP contribution in [0.2, 0.25) is 0 Å². The molecule has 2 heterocycles. The molecule has 36 heavy (non-hydrogen) atoms. The maximum absolute atomic E-state index is 4.96. The van der Waals surface area contributed by atoms with Gasteiger partial charge in [-0.3, -0.25) is 4.98 Å². The van der Waals surface area contributed by atoms with E-state index in [1.807, 2.05) is 48.9 Å². The van der Waals surface area contributed by atoms with E-state index < -0.39 is 0 Å². The van der Waals surface area contributed by atoms with Gasteiger partial charge in [0, 0.05) is 29.7 Å². The highest BCUT2D eigenvalue weighted by atomic mass is 14.9. The van der Waals surface area contributed by atoms with Crippen LogP contribution in [0.4, 0.5) is 0 Å². The molecule has 0 radical (unpaired) electrons. The van der Waals surface area contributed by atoms with Gasteiger partial charge in [-0.1, -0.05) is 84.9 Å². The summed E-state index contributed by atoms with van der Waals surface area (Å²) in [6, 6.07) is 41.9. The lowest BCUT2D eigenvalue weighted by Crippen LogP contribution is -1.93. The van der Waals surface area contributed by atoms with E-state index in [-0.39, 0.29) is 0 Å². The molecule has 0 aliphatic heterocycles. The molecule has 0 fully saturated rings. The minimum Gasteiger partial charge on any atom is -0.265 e. The third-order valence-corrected chi connectivity index (χ3v) is 6.26. The number of benzene rings is 4. The molecule has 0 aliphatic carbocycles. The largest absolute Gasteiger partial charge is 0.265 e. The first-order valence-electron chi connectivity index (χ1n) is 11.9. The van der Waals surface area contributed by atoms with E-state index in [2.05, 4.69) is 101 Å². The van der Waals surface area contributed by atoms with Crippen molar-refractivity contribution < 1.29 is 0 Å². The van der Waals surface area contributed by atoms with E-state index >= 15 is 0 Å². The molecule has 3 nitrogen and oxygen atoms in total. The van der Waals surface area contributed by atoms with Gasteiger partial charge < -0.3 is 0 Å². The molecule has 0 unspecified atom stereocenters. The molecule has 0 bridgehead atoms. The van der Waals surface area contributed by atoms with Gasteiger partial charge in [0.25, 0.3) is 0 Å². The molecule has 0 amide bonds. The van der Waals surface area contributed by atoms with Crippen LogP contribution in [-0.4, -0.2) is 15.0 Å². The molecule has 2 aromatic heterocycles. The zero-order valence-corrected chi connectivity index (χ0v) is 19.6. The summed E-state index contributed by atoms with van der Waals surface area (Å²) >= 11 is 0. The van der Waals surface area contributed by atoms with Gasteiger partial charge in [0.1, 0.15) is 0 Å². The highest BCUT2D eigenvalue weighted by molar-refractivity contribution is 5.80. The Kier molecular flexibility index (Phi) is 5.87. The molecule has 6 rings (SSSR count). The molecule has 170 valence electrons. The van der Waals surface area contributed by atoms with Gasteiger partial charge in [-0.2, -0.15) is 0 Å². The Morgan fingerprint density at radius 2 is 0.861 bits per heavy atom. The van der Waals surface area contributed by atoms with Crippen LogP contribution in [0, 0.1) is 0 Å². The fourth-order valence-corrected chi connectivity index (χ4v) is 4.39. The van der Waals surface area contributed by atoms with Crippen LogP contribution in [0.5, 0.6) is 0 Å². The fourth-order valence-electron chi connectivity index (χ4n) is 4.39. The smallest absolute Gasteiger partial charge is 0.159 e. The Morgan fingerprint density at radius 3 is 1.47 bits per heavy atom. The summed E-state index contributed by atoms with van der Waals surface area (Å²) in [5.74, 6) is 0.709. The monoisotopic (exact) mass is 461 g/mol. The van der Waals surface area contributed by atoms with Gasteiger partial charge in [-0.05, 0) is 69.8 Å². The number of rotatable bonds is 5. The molecule has 0 saturated carbocycles. The third kappa shape index (κ3) is 4.55. The molecule has 4 aromatic carbocycles. The van der Waals surface area contributed by atoms with Gasteiger partial charge in [0.05, 0.1) is 5.69 Å². The first-order valence-corrected chi connectivity index (χ1v) is 11.9. The number of pyridine rings is 1. The van der Waals surface area contributed by atoms with Crippen molar-refractivity contribution in [3.8, 4) is 56.0 Å². The zero-order valence-electron chi connectivity index (χ0n) is 19.6. The van der Waals surface area contributed by atoms with Gasteiger partial charge >= 0.3 is 0 Å². The summed E-state index contributed by atoms with van der Waals surface area (Å²) in [6.45, 7) is 0. The van der Waals surface area contributed by atoms with Crippen molar-refractivity contribution in [3.05, 3.63) is 140 Å². The van der Waals surface area contributed by atoms with Gasteiger partial charge in [0.2, 0.25) is 0 Å². The van der Waals surface area contributed by atoms with Crippen LogP contribution in [0.25, 0.3) is 56.0 Å². The van der Waals surface area contributed by atoms with Crippen molar-refractivity contribution in [1.82, 2.24) is 15.0 Å². The van der Waals surface area contributed by atoms with Crippen molar-refractivity contribution in [2.45, 2.75) is 0 Å². The Hall–Kier alpha value is -4.89. The topological polar surface area (TPSA) is 38.7 Å². The lowest BCUT2D eigenvalue weighted by atomic mass is 9.96. The molecule has 0 spiro atoms. The van der Waals surface area contributed by atoms with Crippen molar-refractivity contribution in [3.63, 3.8) is 0 Å². The minimum atomic E-state index is 0.709. The Balaban J connectivity index is 1.41. The van der Waals surface area contributed by atoms with Gasteiger partial charge in [-0.25, -0.2) is 9.97 Å². The Labute approximate surface area is 210 Å². The highest BCUT2D eigenvalue weighted by Crippen LogP contribution is 2.32. The van der Waals surface area contributed by atoms with Crippen molar-refractivity contribution in [2.24, 2.45) is 0 Å². The van der Waals surface area contributed by atoms with E-state index in [4.69, 9.17) is 4.98 Å². The lowest BCUT2D eigenvalue weighted by molar-refractivity contribution is 1.18. The standard InChI is InChI=1S/C33H23N3/c1-3-7-24(8-4-1)29-21-30(25-9-5-2-6-10-25)23-31(22-29)33-35-20-17-32(36-33)28-13-11-26(12-14-28)27-15-18-34-19-16-27/h1-23H.